The van der Waals surface area contributed by atoms with Gasteiger partial charge in [0, 0.05) is 9.40 Å². The number of thiophene rings is 2. The second kappa shape index (κ2) is 2.47. The summed E-state index contributed by atoms with van der Waals surface area (Å²) in [5, 5.41) is 2.19. The van der Waals surface area contributed by atoms with Crippen molar-refractivity contribution in [2.24, 2.45) is 0 Å². The van der Waals surface area contributed by atoms with Gasteiger partial charge in [0.25, 0.3) is 0 Å². The lowest BCUT2D eigenvalue weighted by Gasteiger charge is -1.81. The van der Waals surface area contributed by atoms with Crippen LogP contribution in [-0.2, 0) is 0 Å². The highest BCUT2D eigenvalue weighted by molar-refractivity contribution is 7.29. The van der Waals surface area contributed by atoms with E-state index in [0.29, 0.717) is 0 Å². The fourth-order valence-corrected chi connectivity index (χ4v) is 3.72. The number of aryl methyl sites for hydroxylation is 2. The third-order valence-corrected chi connectivity index (χ3v) is 4.82. The van der Waals surface area contributed by atoms with Gasteiger partial charge in [-0.05, 0) is 30.4 Å². The van der Waals surface area contributed by atoms with Gasteiger partial charge < -0.3 is 0 Å². The first-order valence-electron chi connectivity index (χ1n) is 3.33. The molecule has 0 bridgehead atoms. The highest BCUT2D eigenvalue weighted by Gasteiger charge is 2.09. The third-order valence-electron chi connectivity index (χ3n) is 1.75. The van der Waals surface area contributed by atoms with E-state index in [1.54, 1.807) is 22.7 Å². The van der Waals surface area contributed by atoms with Crippen LogP contribution in [0, 0.1) is 13.8 Å². The Morgan fingerprint density at radius 2 is 2.00 bits per heavy atom. The Bertz CT molecular complexity index is 397. The summed E-state index contributed by atoms with van der Waals surface area (Å²) in [4.78, 5) is 0. The lowest BCUT2D eigenvalue weighted by molar-refractivity contribution is 1.61. The Morgan fingerprint density at radius 3 is 2.64 bits per heavy atom. The van der Waals surface area contributed by atoms with Crippen LogP contribution in [0.1, 0.15) is 11.1 Å². The molecule has 0 aliphatic rings. The molecule has 0 radical (unpaired) electrons. The Kier molecular flexibility index (Phi) is 1.71. The first-order valence-corrected chi connectivity index (χ1v) is 5.40. The fourth-order valence-electron chi connectivity index (χ4n) is 1.07. The molecule has 0 N–H and O–H groups in total. The molecule has 0 unspecified atom stereocenters. The zero-order valence-corrected chi connectivity index (χ0v) is 8.66. The van der Waals surface area contributed by atoms with Gasteiger partial charge in [0.2, 0.25) is 0 Å². The van der Waals surface area contributed by atoms with Gasteiger partial charge in [-0.1, -0.05) is 11.6 Å². The monoisotopic (exact) mass is 202 g/mol. The van der Waals surface area contributed by atoms with Crippen LogP contribution in [0.15, 0.2) is 5.38 Å². The van der Waals surface area contributed by atoms with E-state index in [1.807, 2.05) is 0 Å². The molecular weight excluding hydrogens is 196 g/mol. The van der Waals surface area contributed by atoms with Crippen molar-refractivity contribution in [2.45, 2.75) is 13.8 Å². The molecular formula is C8H7ClS2. The zero-order chi connectivity index (χ0) is 8.01. The summed E-state index contributed by atoms with van der Waals surface area (Å²) in [5.74, 6) is 0. The van der Waals surface area contributed by atoms with Gasteiger partial charge >= 0.3 is 0 Å². The van der Waals surface area contributed by atoms with E-state index in [9.17, 15) is 0 Å². The number of rotatable bonds is 0. The molecule has 0 nitrogen and oxygen atoms in total. The van der Waals surface area contributed by atoms with Gasteiger partial charge in [0.15, 0.2) is 0 Å². The molecule has 0 spiro atoms. The molecule has 0 saturated carbocycles. The summed E-state index contributed by atoms with van der Waals surface area (Å²) < 4.78 is 3.66. The van der Waals surface area contributed by atoms with Crippen LogP contribution >= 0.6 is 34.3 Å². The predicted molar refractivity (Wildman–Crippen MR) is 54.2 cm³/mol. The highest BCUT2D eigenvalue weighted by Crippen LogP contribution is 2.39. The molecule has 2 aromatic rings. The molecule has 0 atom stereocenters. The molecule has 2 rings (SSSR count). The highest BCUT2D eigenvalue weighted by atomic mass is 35.5. The molecule has 2 heterocycles. The largest absolute Gasteiger partial charge is 0.142 e. The summed E-state index contributed by atoms with van der Waals surface area (Å²) in [7, 11) is 0. The number of hydrogen-bond acceptors (Lipinski definition) is 2. The van der Waals surface area contributed by atoms with Crippen molar-refractivity contribution in [3.05, 3.63) is 20.8 Å². The maximum absolute atomic E-state index is 5.99. The molecule has 0 aromatic carbocycles. The zero-order valence-electron chi connectivity index (χ0n) is 6.27. The normalized spacial score (nSPS) is 11.2. The molecule has 0 saturated heterocycles. The first kappa shape index (κ1) is 7.59. The van der Waals surface area contributed by atoms with Gasteiger partial charge in [-0.2, -0.15) is 0 Å². The van der Waals surface area contributed by atoms with Crippen LogP contribution in [0.5, 0.6) is 0 Å². The molecule has 2 aromatic heterocycles. The summed E-state index contributed by atoms with van der Waals surface area (Å²) in [6.45, 7) is 4.21. The number of hydrogen-bond donors (Lipinski definition) is 0. The molecule has 11 heavy (non-hydrogen) atoms. The van der Waals surface area contributed by atoms with Crippen molar-refractivity contribution < 1.29 is 0 Å². The standard InChI is InChI=1S/C8H7ClS2/c1-4-3-10-7-5(2)8(9)11-6(4)7/h3H,1-2H3. The van der Waals surface area contributed by atoms with E-state index in [4.69, 9.17) is 11.6 Å². The quantitative estimate of drug-likeness (QED) is 0.600. The van der Waals surface area contributed by atoms with Crippen molar-refractivity contribution in [3.8, 4) is 0 Å². The number of halogens is 1. The smallest absolute Gasteiger partial charge is 0.0978 e. The number of fused-ring (bicyclic) bond motifs is 1. The van der Waals surface area contributed by atoms with Gasteiger partial charge in [-0.15, -0.1) is 22.7 Å². The average molecular weight is 203 g/mol. The van der Waals surface area contributed by atoms with E-state index in [2.05, 4.69) is 19.2 Å². The van der Waals surface area contributed by atoms with E-state index >= 15 is 0 Å². The summed E-state index contributed by atoms with van der Waals surface area (Å²) in [6, 6.07) is 0. The van der Waals surface area contributed by atoms with E-state index in [0.717, 1.165) is 4.34 Å². The molecule has 3 heteroatoms. The van der Waals surface area contributed by atoms with Gasteiger partial charge in [-0.25, -0.2) is 0 Å². The van der Waals surface area contributed by atoms with Crippen LogP contribution in [0.3, 0.4) is 0 Å². The molecule has 58 valence electrons. The lowest BCUT2D eigenvalue weighted by Crippen LogP contribution is -1.58. The second-order valence-electron chi connectivity index (χ2n) is 2.58. The minimum atomic E-state index is 0.940. The Balaban J connectivity index is 2.93. The van der Waals surface area contributed by atoms with Gasteiger partial charge in [0.05, 0.1) is 4.34 Å². The van der Waals surface area contributed by atoms with Crippen LogP contribution in [0.4, 0.5) is 0 Å². The Hall–Kier alpha value is -0.0500. The van der Waals surface area contributed by atoms with Crippen molar-refractivity contribution >= 4 is 43.7 Å². The lowest BCUT2D eigenvalue weighted by atomic mass is 10.3. The van der Waals surface area contributed by atoms with Crippen molar-refractivity contribution in [1.29, 1.82) is 0 Å². The summed E-state index contributed by atoms with van der Waals surface area (Å²) in [5.41, 5.74) is 2.59. The van der Waals surface area contributed by atoms with Crippen molar-refractivity contribution in [2.75, 3.05) is 0 Å². The predicted octanol–water partition coefficient (Wildman–Crippen LogP) is 4.23. The molecule has 0 fully saturated rings. The maximum atomic E-state index is 5.99. The summed E-state index contributed by atoms with van der Waals surface area (Å²) >= 11 is 9.47. The van der Waals surface area contributed by atoms with E-state index in [1.165, 1.54) is 20.5 Å². The fraction of sp³-hybridized carbons (Fsp3) is 0.250. The van der Waals surface area contributed by atoms with Gasteiger partial charge in [-0.3, -0.25) is 0 Å². The minimum Gasteiger partial charge on any atom is -0.142 e. The maximum Gasteiger partial charge on any atom is 0.0978 e. The Labute approximate surface area is 78.4 Å². The SMILES string of the molecule is Cc1csc2c(C)c(Cl)sc12. The minimum absolute atomic E-state index is 0.940. The van der Waals surface area contributed by atoms with Crippen LogP contribution < -0.4 is 0 Å². The van der Waals surface area contributed by atoms with Crippen molar-refractivity contribution in [3.63, 3.8) is 0 Å². The van der Waals surface area contributed by atoms with Gasteiger partial charge in [0.1, 0.15) is 0 Å². The van der Waals surface area contributed by atoms with E-state index in [-0.39, 0.29) is 0 Å². The van der Waals surface area contributed by atoms with Crippen molar-refractivity contribution in [1.82, 2.24) is 0 Å². The van der Waals surface area contributed by atoms with Crippen LogP contribution in [0.25, 0.3) is 9.40 Å². The van der Waals surface area contributed by atoms with E-state index < -0.39 is 0 Å². The van der Waals surface area contributed by atoms with Crippen LogP contribution in [-0.4, -0.2) is 0 Å². The molecule has 0 aliphatic heterocycles. The van der Waals surface area contributed by atoms with Crippen LogP contribution in [0.2, 0.25) is 4.34 Å². The summed E-state index contributed by atoms with van der Waals surface area (Å²) in [6.07, 6.45) is 0. The molecule has 0 aliphatic carbocycles. The first-order chi connectivity index (χ1) is 5.20. The average Bonchev–Trinajstić information content (AvgIpc) is 2.43. The topological polar surface area (TPSA) is 0 Å². The third kappa shape index (κ3) is 1.01. The second-order valence-corrected chi connectivity index (χ2v) is 5.08. The Morgan fingerprint density at radius 1 is 1.27 bits per heavy atom. The molecule has 0 amide bonds.